The van der Waals surface area contributed by atoms with Crippen molar-refractivity contribution in [2.75, 3.05) is 11.9 Å². The van der Waals surface area contributed by atoms with E-state index in [1.807, 2.05) is 13.0 Å². The number of halogens is 2. The summed E-state index contributed by atoms with van der Waals surface area (Å²) in [6.45, 7) is 3.61. The molecule has 0 unspecified atom stereocenters. The predicted octanol–water partition coefficient (Wildman–Crippen LogP) is 4.16. The van der Waals surface area contributed by atoms with Gasteiger partial charge in [-0.15, -0.1) is 0 Å². The summed E-state index contributed by atoms with van der Waals surface area (Å²) in [7, 11) is 0. The number of aryl methyl sites for hydroxylation is 1. The first-order chi connectivity index (χ1) is 11.9. The summed E-state index contributed by atoms with van der Waals surface area (Å²) < 4.78 is 13.7. The van der Waals surface area contributed by atoms with Gasteiger partial charge in [0.15, 0.2) is 0 Å². The van der Waals surface area contributed by atoms with Crippen LogP contribution >= 0.6 is 11.6 Å². The highest BCUT2D eigenvalue weighted by Gasteiger charge is 2.14. The smallest absolute Gasteiger partial charge is 0.226 e. The Morgan fingerprint density at radius 2 is 1.92 bits per heavy atom. The van der Waals surface area contributed by atoms with Crippen molar-refractivity contribution in [3.05, 3.63) is 64.4 Å². The van der Waals surface area contributed by atoms with Crippen LogP contribution in [0.3, 0.4) is 0 Å². The average Bonchev–Trinajstić information content (AvgIpc) is 2.56. The molecule has 0 radical (unpaired) electrons. The fourth-order valence-electron chi connectivity index (χ4n) is 2.31. The van der Waals surface area contributed by atoms with Gasteiger partial charge in [0, 0.05) is 42.7 Å². The van der Waals surface area contributed by atoms with Crippen LogP contribution in [0.2, 0.25) is 5.02 Å². The molecule has 0 aliphatic carbocycles. The first kappa shape index (κ1) is 18.9. The fraction of sp³-hybridized carbons (Fsp3) is 0.263. The third-order valence-electron chi connectivity index (χ3n) is 3.83. The molecule has 4 nitrogen and oxygen atoms in total. The summed E-state index contributed by atoms with van der Waals surface area (Å²) >= 11 is 6.03. The van der Waals surface area contributed by atoms with Gasteiger partial charge in [-0.25, -0.2) is 4.39 Å². The van der Waals surface area contributed by atoms with Crippen LogP contribution in [0.5, 0.6) is 0 Å². The zero-order chi connectivity index (χ0) is 18.4. The van der Waals surface area contributed by atoms with Crippen LogP contribution in [0.4, 0.5) is 10.1 Å². The Morgan fingerprint density at radius 3 is 2.56 bits per heavy atom. The third kappa shape index (κ3) is 5.57. The minimum absolute atomic E-state index is 0.111. The van der Waals surface area contributed by atoms with Crippen molar-refractivity contribution in [2.24, 2.45) is 0 Å². The summed E-state index contributed by atoms with van der Waals surface area (Å²) in [6, 6.07) is 11.5. The van der Waals surface area contributed by atoms with Gasteiger partial charge in [-0.2, -0.15) is 0 Å². The van der Waals surface area contributed by atoms with E-state index in [0.717, 1.165) is 5.56 Å². The molecule has 2 rings (SSSR count). The molecule has 0 saturated carbocycles. The van der Waals surface area contributed by atoms with Gasteiger partial charge in [0.25, 0.3) is 0 Å². The Kier molecular flexibility index (Phi) is 6.53. The van der Waals surface area contributed by atoms with Gasteiger partial charge in [0.1, 0.15) is 5.82 Å². The van der Waals surface area contributed by atoms with E-state index in [1.54, 1.807) is 30.3 Å². The molecule has 0 bridgehead atoms. The van der Waals surface area contributed by atoms with Gasteiger partial charge in [0.05, 0.1) is 0 Å². The van der Waals surface area contributed by atoms with E-state index in [4.69, 9.17) is 11.6 Å². The van der Waals surface area contributed by atoms with Crippen LogP contribution in [0, 0.1) is 12.7 Å². The van der Waals surface area contributed by atoms with Gasteiger partial charge in [-0.05, 0) is 30.7 Å². The summed E-state index contributed by atoms with van der Waals surface area (Å²) in [6.07, 6.45) is 0.111. The molecule has 0 aromatic heterocycles. The normalized spacial score (nSPS) is 10.4. The Labute approximate surface area is 151 Å². The van der Waals surface area contributed by atoms with Crippen molar-refractivity contribution < 1.29 is 14.0 Å². The minimum Gasteiger partial charge on any atom is -0.338 e. The number of carbonyl (C=O) groups is 2. The van der Waals surface area contributed by atoms with E-state index in [2.05, 4.69) is 5.32 Å². The Balaban J connectivity index is 1.94. The van der Waals surface area contributed by atoms with Gasteiger partial charge in [-0.3, -0.25) is 9.59 Å². The van der Waals surface area contributed by atoms with Gasteiger partial charge in [0.2, 0.25) is 11.8 Å². The highest BCUT2D eigenvalue weighted by atomic mass is 35.5. The van der Waals surface area contributed by atoms with E-state index < -0.39 is 0 Å². The number of amides is 2. The molecule has 25 heavy (non-hydrogen) atoms. The summed E-state index contributed by atoms with van der Waals surface area (Å²) in [5.41, 5.74) is 1.94. The van der Waals surface area contributed by atoms with Gasteiger partial charge < -0.3 is 10.2 Å². The molecule has 0 atom stereocenters. The molecule has 0 saturated heterocycles. The first-order valence-electron chi connectivity index (χ1n) is 7.91. The Morgan fingerprint density at radius 1 is 1.20 bits per heavy atom. The van der Waals surface area contributed by atoms with Crippen molar-refractivity contribution >= 4 is 29.1 Å². The van der Waals surface area contributed by atoms with Crippen molar-refractivity contribution in [3.63, 3.8) is 0 Å². The maximum absolute atomic E-state index is 13.7. The standard InChI is InChI=1S/C19H20ClFN2O2/c1-13-7-8-16(11-17(13)20)22-19(25)9-10-23(14(2)24)12-15-5-3-4-6-18(15)21/h3-8,11H,9-10,12H2,1-2H3,(H,22,25). The zero-order valence-corrected chi connectivity index (χ0v) is 14.9. The van der Waals surface area contributed by atoms with Crippen LogP contribution in [-0.2, 0) is 16.1 Å². The molecular weight excluding hydrogens is 343 g/mol. The third-order valence-corrected chi connectivity index (χ3v) is 4.24. The van der Waals surface area contributed by atoms with Gasteiger partial charge in [-0.1, -0.05) is 35.9 Å². The van der Waals surface area contributed by atoms with E-state index in [0.29, 0.717) is 16.3 Å². The predicted molar refractivity (Wildman–Crippen MR) is 96.9 cm³/mol. The number of benzene rings is 2. The number of hydrogen-bond donors (Lipinski definition) is 1. The molecule has 0 spiro atoms. The Bertz CT molecular complexity index is 780. The SMILES string of the molecule is CC(=O)N(CCC(=O)Nc1ccc(C)c(Cl)c1)Cc1ccccc1F. The Hall–Kier alpha value is -2.40. The van der Waals surface area contributed by atoms with Crippen molar-refractivity contribution in [3.8, 4) is 0 Å². The van der Waals surface area contributed by atoms with Crippen LogP contribution in [0.1, 0.15) is 24.5 Å². The molecule has 0 heterocycles. The molecule has 1 N–H and O–H groups in total. The molecule has 2 aromatic rings. The van der Waals surface area contributed by atoms with Crippen LogP contribution in [0.15, 0.2) is 42.5 Å². The lowest BCUT2D eigenvalue weighted by Gasteiger charge is -2.21. The molecule has 2 aromatic carbocycles. The van der Waals surface area contributed by atoms with E-state index >= 15 is 0 Å². The van der Waals surface area contributed by atoms with E-state index in [-0.39, 0.29) is 37.1 Å². The number of hydrogen-bond acceptors (Lipinski definition) is 2. The summed E-state index contributed by atoms with van der Waals surface area (Å²) in [5.74, 6) is -0.818. The van der Waals surface area contributed by atoms with E-state index in [9.17, 15) is 14.0 Å². The molecule has 2 amide bonds. The van der Waals surface area contributed by atoms with Crippen molar-refractivity contribution in [2.45, 2.75) is 26.8 Å². The molecule has 6 heteroatoms. The number of anilines is 1. The van der Waals surface area contributed by atoms with Crippen molar-refractivity contribution in [1.29, 1.82) is 0 Å². The minimum atomic E-state index is -0.368. The quantitative estimate of drug-likeness (QED) is 0.838. The molecule has 132 valence electrons. The van der Waals surface area contributed by atoms with Crippen molar-refractivity contribution in [1.82, 2.24) is 4.90 Å². The highest BCUT2D eigenvalue weighted by molar-refractivity contribution is 6.31. The molecular formula is C19H20ClFN2O2. The zero-order valence-electron chi connectivity index (χ0n) is 14.2. The average molecular weight is 363 g/mol. The van der Waals surface area contributed by atoms with E-state index in [1.165, 1.54) is 17.9 Å². The maximum atomic E-state index is 13.7. The summed E-state index contributed by atoms with van der Waals surface area (Å²) in [4.78, 5) is 25.3. The van der Waals surface area contributed by atoms with Crippen LogP contribution in [0.25, 0.3) is 0 Å². The monoisotopic (exact) mass is 362 g/mol. The second-order valence-corrected chi connectivity index (χ2v) is 6.20. The lowest BCUT2D eigenvalue weighted by molar-refractivity contribution is -0.130. The van der Waals surface area contributed by atoms with Gasteiger partial charge >= 0.3 is 0 Å². The summed E-state index contributed by atoms with van der Waals surface area (Å²) in [5, 5.41) is 3.32. The molecule has 0 aliphatic rings. The highest BCUT2D eigenvalue weighted by Crippen LogP contribution is 2.20. The fourth-order valence-corrected chi connectivity index (χ4v) is 2.49. The lowest BCUT2D eigenvalue weighted by atomic mass is 10.2. The maximum Gasteiger partial charge on any atom is 0.226 e. The number of carbonyl (C=O) groups excluding carboxylic acids is 2. The first-order valence-corrected chi connectivity index (χ1v) is 8.29. The second-order valence-electron chi connectivity index (χ2n) is 5.79. The van der Waals surface area contributed by atoms with Crippen LogP contribution in [-0.4, -0.2) is 23.3 Å². The molecule has 0 fully saturated rings. The molecule has 0 aliphatic heterocycles. The lowest BCUT2D eigenvalue weighted by Crippen LogP contribution is -2.31. The second kappa shape index (κ2) is 8.62. The largest absolute Gasteiger partial charge is 0.338 e. The number of nitrogens with zero attached hydrogens (tertiary/aromatic N) is 1. The number of nitrogens with one attached hydrogen (secondary N) is 1. The van der Waals surface area contributed by atoms with Crippen LogP contribution < -0.4 is 5.32 Å². The number of rotatable bonds is 6. The topological polar surface area (TPSA) is 49.4 Å².